The summed E-state index contributed by atoms with van der Waals surface area (Å²) in [5, 5.41) is -2.70. The molecule has 2 aromatic rings. The molecular formula is C18H16F2N2O6S. The summed E-state index contributed by atoms with van der Waals surface area (Å²) in [4.78, 5) is 36.8. The van der Waals surface area contributed by atoms with Crippen LogP contribution in [0.25, 0.3) is 10.8 Å². The van der Waals surface area contributed by atoms with Crippen LogP contribution in [0.5, 0.6) is 0 Å². The van der Waals surface area contributed by atoms with Gasteiger partial charge in [-0.15, -0.1) is 9.35 Å². The van der Waals surface area contributed by atoms with E-state index in [2.05, 4.69) is 4.28 Å². The quantitative estimate of drug-likeness (QED) is 0.537. The second-order valence-electron chi connectivity index (χ2n) is 6.27. The van der Waals surface area contributed by atoms with Gasteiger partial charge in [-0.3, -0.25) is 14.4 Å². The molecule has 2 aromatic carbocycles. The standard InChI is InChI=1S/C18H16F2N2O6S/c1-2-3-10-21-17(25)18(19,20)29(26,27)28-22-15(23)12-8-4-6-11-7-5-9-13(14(11)12)16(22)24/h4-9H,2-3,10H2,1H3,(H,21,25). The van der Waals surface area contributed by atoms with Gasteiger partial charge in [-0.05, 0) is 23.9 Å². The van der Waals surface area contributed by atoms with Crippen LogP contribution in [-0.2, 0) is 19.2 Å². The molecule has 0 spiro atoms. The molecule has 0 unspecified atom stereocenters. The van der Waals surface area contributed by atoms with Crippen molar-refractivity contribution in [2.24, 2.45) is 0 Å². The first kappa shape index (κ1) is 20.8. The number of rotatable bonds is 7. The summed E-state index contributed by atoms with van der Waals surface area (Å²) in [7, 11) is -5.99. The molecule has 0 saturated carbocycles. The molecule has 0 bridgehead atoms. The van der Waals surface area contributed by atoms with Gasteiger partial charge >= 0.3 is 21.3 Å². The zero-order valence-corrected chi connectivity index (χ0v) is 16.0. The third-order valence-electron chi connectivity index (χ3n) is 4.30. The molecule has 0 aliphatic carbocycles. The smallest absolute Gasteiger partial charge is 0.350 e. The van der Waals surface area contributed by atoms with Crippen molar-refractivity contribution < 1.29 is 35.9 Å². The predicted octanol–water partition coefficient (Wildman–Crippen LogP) is 2.21. The van der Waals surface area contributed by atoms with Crippen molar-refractivity contribution in [1.82, 2.24) is 10.4 Å². The van der Waals surface area contributed by atoms with E-state index in [1.54, 1.807) is 24.4 Å². The molecule has 0 fully saturated rings. The third-order valence-corrected chi connectivity index (χ3v) is 5.46. The molecule has 1 aliphatic heterocycles. The van der Waals surface area contributed by atoms with Gasteiger partial charge in [0.1, 0.15) is 0 Å². The molecular weight excluding hydrogens is 410 g/mol. The first-order chi connectivity index (χ1) is 13.6. The first-order valence-electron chi connectivity index (χ1n) is 8.62. The normalized spacial score (nSPS) is 14.4. The number of imide groups is 1. The summed E-state index contributed by atoms with van der Waals surface area (Å²) in [5.74, 6) is -4.57. The van der Waals surface area contributed by atoms with Crippen LogP contribution >= 0.6 is 0 Å². The Hall–Kier alpha value is -2.92. The number of nitrogens with zero attached hydrogens (tertiary/aromatic N) is 1. The SMILES string of the molecule is CCCCNC(=O)C(F)(F)S(=O)(=O)ON1C(=O)c2cccc3cccc(c23)C1=O. The molecule has 3 rings (SSSR count). The van der Waals surface area contributed by atoms with Crippen LogP contribution in [0.15, 0.2) is 36.4 Å². The fourth-order valence-corrected chi connectivity index (χ4v) is 3.54. The van der Waals surface area contributed by atoms with Crippen molar-refractivity contribution in [2.45, 2.75) is 25.0 Å². The summed E-state index contributed by atoms with van der Waals surface area (Å²) < 4.78 is 56.7. The van der Waals surface area contributed by atoms with E-state index in [1.165, 1.54) is 24.3 Å². The number of unbranched alkanes of at least 4 members (excludes halogenated alkanes) is 1. The van der Waals surface area contributed by atoms with Crippen LogP contribution in [-0.4, -0.2) is 43.0 Å². The average molecular weight is 426 g/mol. The lowest BCUT2D eigenvalue weighted by Crippen LogP contribution is -2.51. The van der Waals surface area contributed by atoms with Gasteiger partial charge in [-0.2, -0.15) is 17.2 Å². The predicted molar refractivity (Wildman–Crippen MR) is 97.3 cm³/mol. The fourth-order valence-electron chi connectivity index (χ4n) is 2.82. The van der Waals surface area contributed by atoms with Crippen molar-refractivity contribution in [3.8, 4) is 0 Å². The first-order valence-corrected chi connectivity index (χ1v) is 10.0. The molecule has 8 nitrogen and oxygen atoms in total. The van der Waals surface area contributed by atoms with Crippen molar-refractivity contribution >= 4 is 38.6 Å². The van der Waals surface area contributed by atoms with Crippen molar-refractivity contribution in [3.05, 3.63) is 47.5 Å². The van der Waals surface area contributed by atoms with Crippen LogP contribution < -0.4 is 5.32 Å². The Balaban J connectivity index is 1.93. The Morgan fingerprint density at radius 3 is 2.17 bits per heavy atom. The minimum Gasteiger partial charge on any atom is -0.350 e. The van der Waals surface area contributed by atoms with E-state index in [4.69, 9.17) is 0 Å². The number of carbonyl (C=O) groups excluding carboxylic acids is 3. The number of halogens is 2. The van der Waals surface area contributed by atoms with E-state index in [0.717, 1.165) is 0 Å². The highest BCUT2D eigenvalue weighted by atomic mass is 32.2. The van der Waals surface area contributed by atoms with Gasteiger partial charge < -0.3 is 5.32 Å². The zero-order valence-electron chi connectivity index (χ0n) is 15.1. The molecule has 0 aromatic heterocycles. The van der Waals surface area contributed by atoms with Gasteiger partial charge in [0, 0.05) is 11.9 Å². The monoisotopic (exact) mass is 426 g/mol. The van der Waals surface area contributed by atoms with E-state index in [0.29, 0.717) is 18.2 Å². The molecule has 1 aliphatic rings. The molecule has 3 amide bonds. The second-order valence-corrected chi connectivity index (χ2v) is 7.84. The summed E-state index contributed by atoms with van der Waals surface area (Å²) in [6.45, 7) is 1.58. The van der Waals surface area contributed by atoms with E-state index in [1.807, 2.05) is 0 Å². The van der Waals surface area contributed by atoms with E-state index in [9.17, 15) is 31.6 Å². The van der Waals surface area contributed by atoms with Gasteiger partial charge in [0.05, 0.1) is 11.1 Å². The molecule has 29 heavy (non-hydrogen) atoms. The van der Waals surface area contributed by atoms with Gasteiger partial charge in [-0.1, -0.05) is 37.6 Å². The van der Waals surface area contributed by atoms with Crippen LogP contribution in [0.1, 0.15) is 40.5 Å². The highest BCUT2D eigenvalue weighted by Gasteiger charge is 2.56. The Labute approximate surface area is 164 Å². The fraction of sp³-hybridized carbons (Fsp3) is 0.278. The second kappa shape index (κ2) is 7.48. The molecule has 1 heterocycles. The maximum atomic E-state index is 14.2. The van der Waals surface area contributed by atoms with E-state index in [-0.39, 0.29) is 28.1 Å². The molecule has 1 N–H and O–H groups in total. The molecule has 11 heteroatoms. The van der Waals surface area contributed by atoms with Crippen molar-refractivity contribution in [3.63, 3.8) is 0 Å². The average Bonchev–Trinajstić information content (AvgIpc) is 2.69. The number of benzene rings is 2. The lowest BCUT2D eigenvalue weighted by Gasteiger charge is -2.26. The lowest BCUT2D eigenvalue weighted by atomic mass is 9.95. The Morgan fingerprint density at radius 2 is 1.66 bits per heavy atom. The van der Waals surface area contributed by atoms with Crippen molar-refractivity contribution in [2.75, 3.05) is 6.54 Å². The van der Waals surface area contributed by atoms with Gasteiger partial charge in [-0.25, -0.2) is 0 Å². The topological polar surface area (TPSA) is 110 Å². The van der Waals surface area contributed by atoms with E-state index < -0.39 is 33.1 Å². The number of amides is 3. The minimum atomic E-state index is -5.99. The number of carbonyl (C=O) groups is 3. The zero-order chi connectivity index (χ0) is 21.4. The number of hydrogen-bond donors (Lipinski definition) is 1. The summed E-state index contributed by atoms with van der Waals surface area (Å²) in [5.41, 5.74) is -0.188. The molecule has 0 atom stereocenters. The summed E-state index contributed by atoms with van der Waals surface area (Å²) in [6, 6.07) is 8.84. The van der Waals surface area contributed by atoms with Gasteiger partial charge in [0.2, 0.25) is 0 Å². The van der Waals surface area contributed by atoms with Crippen LogP contribution in [0.3, 0.4) is 0 Å². The van der Waals surface area contributed by atoms with Crippen LogP contribution in [0.2, 0.25) is 0 Å². The summed E-state index contributed by atoms with van der Waals surface area (Å²) in [6.07, 6.45) is 0.934. The molecule has 154 valence electrons. The number of hydrogen-bond acceptors (Lipinski definition) is 6. The molecule has 0 radical (unpaired) electrons. The van der Waals surface area contributed by atoms with Crippen LogP contribution in [0, 0.1) is 0 Å². The largest absolute Gasteiger partial charge is 0.448 e. The maximum Gasteiger partial charge on any atom is 0.448 e. The summed E-state index contributed by atoms with van der Waals surface area (Å²) >= 11 is 0. The number of alkyl halides is 2. The van der Waals surface area contributed by atoms with Gasteiger partial charge in [0.25, 0.3) is 11.8 Å². The number of hydroxylamine groups is 2. The Bertz CT molecular complexity index is 1070. The minimum absolute atomic E-state index is 0.0939. The third kappa shape index (κ3) is 3.47. The highest BCUT2D eigenvalue weighted by molar-refractivity contribution is 7.88. The lowest BCUT2D eigenvalue weighted by molar-refractivity contribution is -0.137. The maximum absolute atomic E-state index is 14.2. The number of nitrogens with one attached hydrogen (secondary N) is 1. The van der Waals surface area contributed by atoms with Gasteiger partial charge in [0.15, 0.2) is 0 Å². The highest BCUT2D eigenvalue weighted by Crippen LogP contribution is 2.32. The molecule has 0 saturated heterocycles. The van der Waals surface area contributed by atoms with E-state index >= 15 is 0 Å². The van der Waals surface area contributed by atoms with Crippen molar-refractivity contribution in [1.29, 1.82) is 0 Å². The Morgan fingerprint density at radius 1 is 1.10 bits per heavy atom. The van der Waals surface area contributed by atoms with Crippen LogP contribution in [0.4, 0.5) is 8.78 Å². The Kier molecular flexibility index (Phi) is 5.37.